The molecule has 8 heteroatoms. The molecule has 0 aliphatic heterocycles. The van der Waals surface area contributed by atoms with Crippen LogP contribution in [0.4, 0.5) is 4.79 Å². The molecule has 1 N–H and O–H groups in total. The number of aryl methyl sites for hydroxylation is 1. The number of alkyl carbamates (subject to hydrolysis) is 1. The SMILES string of the molecule is Cc1ccc(S(=O)(=O)C2C(c3ccc(Cl)cc3)C2(C=O)NC(=O)OC(C)(C)C)cc1. The van der Waals surface area contributed by atoms with Gasteiger partial charge in [-0.25, -0.2) is 13.2 Å². The lowest BCUT2D eigenvalue weighted by molar-refractivity contribution is -0.110. The van der Waals surface area contributed by atoms with Crippen LogP contribution in [-0.2, 0) is 19.4 Å². The third kappa shape index (κ3) is 4.23. The van der Waals surface area contributed by atoms with Gasteiger partial charge in [0.25, 0.3) is 0 Å². The summed E-state index contributed by atoms with van der Waals surface area (Å²) >= 11 is 5.96. The Morgan fingerprint density at radius 1 is 1.10 bits per heavy atom. The highest BCUT2D eigenvalue weighted by Crippen LogP contribution is 2.56. The van der Waals surface area contributed by atoms with Gasteiger partial charge in [-0.2, -0.15) is 0 Å². The Balaban J connectivity index is 2.04. The molecular formula is C22H24ClNO5S. The monoisotopic (exact) mass is 449 g/mol. The molecule has 1 aliphatic rings. The summed E-state index contributed by atoms with van der Waals surface area (Å²) in [6.07, 6.45) is -0.359. The van der Waals surface area contributed by atoms with Crippen molar-refractivity contribution in [2.75, 3.05) is 0 Å². The molecule has 0 aromatic heterocycles. The predicted octanol–water partition coefficient (Wildman–Crippen LogP) is 4.05. The Morgan fingerprint density at radius 3 is 2.17 bits per heavy atom. The summed E-state index contributed by atoms with van der Waals surface area (Å²) in [6, 6.07) is 12.9. The Labute approximate surface area is 181 Å². The van der Waals surface area contributed by atoms with E-state index in [0.29, 0.717) is 16.9 Å². The number of benzene rings is 2. The largest absolute Gasteiger partial charge is 0.444 e. The van der Waals surface area contributed by atoms with Gasteiger partial charge in [0.15, 0.2) is 9.84 Å². The minimum absolute atomic E-state index is 0.0896. The van der Waals surface area contributed by atoms with E-state index in [4.69, 9.17) is 16.3 Å². The molecule has 1 fully saturated rings. The summed E-state index contributed by atoms with van der Waals surface area (Å²) in [4.78, 5) is 24.8. The van der Waals surface area contributed by atoms with E-state index < -0.39 is 38.2 Å². The number of halogens is 1. The van der Waals surface area contributed by atoms with Crippen molar-refractivity contribution in [1.29, 1.82) is 0 Å². The zero-order valence-corrected chi connectivity index (χ0v) is 18.8. The molecule has 2 aromatic carbocycles. The third-order valence-electron chi connectivity index (χ3n) is 5.00. The first-order valence-electron chi connectivity index (χ1n) is 9.44. The van der Waals surface area contributed by atoms with Crippen molar-refractivity contribution in [3.63, 3.8) is 0 Å². The van der Waals surface area contributed by atoms with Gasteiger partial charge in [-0.1, -0.05) is 41.4 Å². The molecule has 30 heavy (non-hydrogen) atoms. The number of rotatable bonds is 5. The Bertz CT molecular complexity index is 1060. The van der Waals surface area contributed by atoms with E-state index in [9.17, 15) is 18.0 Å². The second-order valence-corrected chi connectivity index (χ2v) is 11.0. The van der Waals surface area contributed by atoms with Crippen LogP contribution in [0.5, 0.6) is 0 Å². The molecule has 2 aromatic rings. The first-order valence-corrected chi connectivity index (χ1v) is 11.4. The quantitative estimate of drug-likeness (QED) is 0.695. The normalized spacial score (nSPS) is 23.5. The van der Waals surface area contributed by atoms with E-state index in [1.807, 2.05) is 6.92 Å². The van der Waals surface area contributed by atoms with Crippen LogP contribution in [0.15, 0.2) is 53.4 Å². The zero-order valence-electron chi connectivity index (χ0n) is 17.2. The average molecular weight is 450 g/mol. The zero-order chi connectivity index (χ0) is 22.3. The molecule has 1 amide bonds. The summed E-state index contributed by atoms with van der Waals surface area (Å²) in [7, 11) is -3.93. The molecule has 0 radical (unpaired) electrons. The van der Waals surface area contributed by atoms with Gasteiger partial charge in [-0.15, -0.1) is 0 Å². The van der Waals surface area contributed by atoms with E-state index in [1.54, 1.807) is 57.2 Å². The number of carbonyl (C=O) groups excluding carboxylic acids is 2. The van der Waals surface area contributed by atoms with E-state index >= 15 is 0 Å². The summed E-state index contributed by atoms with van der Waals surface area (Å²) in [6.45, 7) is 6.91. The Morgan fingerprint density at radius 2 is 1.67 bits per heavy atom. The Hall–Kier alpha value is -2.38. The number of amides is 1. The summed E-state index contributed by atoms with van der Waals surface area (Å²) in [5, 5.41) is 1.85. The molecule has 6 nitrogen and oxygen atoms in total. The van der Waals surface area contributed by atoms with Gasteiger partial charge in [0.05, 0.1) is 4.90 Å². The standard InChI is InChI=1S/C22H24ClNO5S/c1-14-5-11-17(12-6-14)30(27,28)19-18(15-7-9-16(23)10-8-15)22(19,13-25)24-20(26)29-21(2,3)4/h5-13,18-19H,1-4H3,(H,24,26). The smallest absolute Gasteiger partial charge is 0.408 e. The van der Waals surface area contributed by atoms with Gasteiger partial charge in [0.2, 0.25) is 0 Å². The van der Waals surface area contributed by atoms with Gasteiger partial charge in [-0.3, -0.25) is 0 Å². The molecule has 3 unspecified atom stereocenters. The number of nitrogens with one attached hydrogen (secondary N) is 1. The minimum atomic E-state index is -3.93. The molecule has 3 atom stereocenters. The molecule has 1 aliphatic carbocycles. The van der Waals surface area contributed by atoms with Crippen LogP contribution in [0.2, 0.25) is 5.02 Å². The van der Waals surface area contributed by atoms with Gasteiger partial charge < -0.3 is 14.8 Å². The van der Waals surface area contributed by atoms with Gasteiger partial charge in [0, 0.05) is 10.9 Å². The summed E-state index contributed by atoms with van der Waals surface area (Å²) in [5.41, 5.74) is -0.944. The van der Waals surface area contributed by atoms with Crippen LogP contribution in [0.25, 0.3) is 0 Å². The lowest BCUT2D eigenvalue weighted by Gasteiger charge is -2.22. The van der Waals surface area contributed by atoms with Crippen LogP contribution in [-0.4, -0.2) is 37.2 Å². The number of carbonyl (C=O) groups is 2. The first-order chi connectivity index (χ1) is 13.9. The number of hydrogen-bond acceptors (Lipinski definition) is 5. The first kappa shape index (κ1) is 22.3. The molecular weight excluding hydrogens is 426 g/mol. The number of aldehydes is 1. The molecule has 0 saturated heterocycles. The van der Waals surface area contributed by atoms with E-state index in [-0.39, 0.29) is 4.90 Å². The van der Waals surface area contributed by atoms with Crippen LogP contribution < -0.4 is 5.32 Å². The van der Waals surface area contributed by atoms with E-state index in [2.05, 4.69) is 5.32 Å². The summed E-state index contributed by atoms with van der Waals surface area (Å²) < 4.78 is 32.1. The maximum absolute atomic E-state index is 13.4. The lowest BCUT2D eigenvalue weighted by atomic mass is 10.1. The maximum atomic E-state index is 13.4. The fourth-order valence-electron chi connectivity index (χ4n) is 3.60. The molecule has 0 bridgehead atoms. The van der Waals surface area contributed by atoms with Gasteiger partial charge in [-0.05, 0) is 57.5 Å². The fourth-order valence-corrected chi connectivity index (χ4v) is 5.98. The topological polar surface area (TPSA) is 89.5 Å². The molecule has 0 spiro atoms. The van der Waals surface area contributed by atoms with Crippen molar-refractivity contribution in [3.05, 3.63) is 64.7 Å². The van der Waals surface area contributed by atoms with Crippen molar-refractivity contribution in [1.82, 2.24) is 5.32 Å². The second-order valence-electron chi connectivity index (χ2n) is 8.49. The average Bonchev–Trinajstić information content (AvgIpc) is 3.30. The Kier molecular flexibility index (Phi) is 5.73. The number of hydrogen-bond donors (Lipinski definition) is 1. The lowest BCUT2D eigenvalue weighted by Crippen LogP contribution is -2.45. The van der Waals surface area contributed by atoms with E-state index in [1.165, 1.54) is 12.1 Å². The van der Waals surface area contributed by atoms with Crippen molar-refractivity contribution < 1.29 is 22.7 Å². The summed E-state index contributed by atoms with van der Waals surface area (Å²) in [5.74, 6) is -0.772. The highest BCUT2D eigenvalue weighted by Gasteiger charge is 2.73. The fraction of sp³-hybridized carbons (Fsp3) is 0.364. The molecule has 160 valence electrons. The van der Waals surface area contributed by atoms with E-state index in [0.717, 1.165) is 5.56 Å². The van der Waals surface area contributed by atoms with Crippen molar-refractivity contribution in [2.45, 2.75) is 54.9 Å². The van der Waals surface area contributed by atoms with Crippen molar-refractivity contribution in [2.24, 2.45) is 0 Å². The van der Waals surface area contributed by atoms with Crippen LogP contribution >= 0.6 is 11.6 Å². The van der Waals surface area contributed by atoms with Crippen LogP contribution in [0.3, 0.4) is 0 Å². The molecule has 3 rings (SSSR count). The molecule has 1 saturated carbocycles. The molecule has 0 heterocycles. The van der Waals surface area contributed by atoms with Crippen molar-refractivity contribution >= 4 is 33.8 Å². The number of ether oxygens (including phenoxy) is 1. The maximum Gasteiger partial charge on any atom is 0.408 e. The van der Waals surface area contributed by atoms with Crippen LogP contribution in [0.1, 0.15) is 37.8 Å². The minimum Gasteiger partial charge on any atom is -0.444 e. The number of sulfone groups is 1. The third-order valence-corrected chi connectivity index (χ3v) is 7.52. The van der Waals surface area contributed by atoms with Crippen LogP contribution in [0, 0.1) is 6.92 Å². The predicted molar refractivity (Wildman–Crippen MR) is 115 cm³/mol. The highest BCUT2D eigenvalue weighted by molar-refractivity contribution is 7.92. The van der Waals surface area contributed by atoms with Crippen molar-refractivity contribution in [3.8, 4) is 0 Å². The second kappa shape index (κ2) is 7.71. The highest BCUT2D eigenvalue weighted by atomic mass is 35.5. The van der Waals surface area contributed by atoms with Gasteiger partial charge >= 0.3 is 6.09 Å². The van der Waals surface area contributed by atoms with Gasteiger partial charge in [0.1, 0.15) is 22.7 Å².